The van der Waals surface area contributed by atoms with Crippen LogP contribution in [-0.2, 0) is 10.0 Å². The number of aromatic nitrogens is 1. The molecule has 3 heterocycles. The van der Waals surface area contributed by atoms with E-state index in [4.69, 9.17) is 0 Å². The van der Waals surface area contributed by atoms with Crippen molar-refractivity contribution in [2.24, 2.45) is 5.10 Å². The lowest BCUT2D eigenvalue weighted by atomic mass is 10.2. The van der Waals surface area contributed by atoms with E-state index >= 15 is 0 Å². The fraction of sp³-hybridized carbons (Fsp3) is 0.263. The molecule has 146 valence electrons. The van der Waals surface area contributed by atoms with E-state index in [-0.39, 0.29) is 0 Å². The largest absolute Gasteiger partial charge is 0.253 e. The fourth-order valence-corrected chi connectivity index (χ4v) is 5.86. The molecule has 0 spiro atoms. The zero-order chi connectivity index (χ0) is 19.4. The maximum atomic E-state index is 12.9. The monoisotopic (exact) mass is 432 g/mol. The zero-order valence-corrected chi connectivity index (χ0v) is 17.6. The van der Waals surface area contributed by atoms with E-state index in [0.29, 0.717) is 23.1 Å². The molecular weight excluding hydrogens is 412 g/mol. The van der Waals surface area contributed by atoms with Gasteiger partial charge in [0.15, 0.2) is 0 Å². The highest BCUT2D eigenvalue weighted by Crippen LogP contribution is 2.28. The minimum absolute atomic E-state index is 0.324. The molecule has 0 atom stereocenters. The Hall–Kier alpha value is -2.07. The number of rotatable bonds is 6. The number of anilines is 1. The van der Waals surface area contributed by atoms with Crippen molar-refractivity contribution in [1.29, 1.82) is 0 Å². The van der Waals surface area contributed by atoms with Crippen LogP contribution in [0.1, 0.15) is 24.1 Å². The van der Waals surface area contributed by atoms with E-state index in [0.717, 1.165) is 35.4 Å². The van der Waals surface area contributed by atoms with Gasteiger partial charge in [-0.15, -0.1) is 22.7 Å². The average Bonchev–Trinajstić information content (AvgIpc) is 3.41. The standard InChI is InChI=1S/C19H20N4O2S3/c24-28(25,23-9-2-1-3-10-23)17-8-4-6-15(12-17)18-14-27-19(21-18)22-20-13-16-7-5-11-26-16/h4-8,11-14H,1-3,9-10H2,(H,21,22). The summed E-state index contributed by atoms with van der Waals surface area (Å²) in [5, 5.41) is 8.74. The molecule has 9 heteroatoms. The molecule has 0 amide bonds. The van der Waals surface area contributed by atoms with Gasteiger partial charge in [0.25, 0.3) is 0 Å². The summed E-state index contributed by atoms with van der Waals surface area (Å²) in [6.45, 7) is 1.19. The smallest absolute Gasteiger partial charge is 0.243 e. The Morgan fingerprint density at radius 1 is 1.11 bits per heavy atom. The molecule has 0 bridgehead atoms. The van der Waals surface area contributed by atoms with Gasteiger partial charge in [0.1, 0.15) is 0 Å². The molecule has 1 aliphatic rings. The Bertz CT molecular complexity index is 1050. The molecule has 0 unspecified atom stereocenters. The molecule has 6 nitrogen and oxygen atoms in total. The summed E-state index contributed by atoms with van der Waals surface area (Å²) in [4.78, 5) is 5.90. The van der Waals surface area contributed by atoms with E-state index in [9.17, 15) is 8.42 Å². The van der Waals surface area contributed by atoms with Gasteiger partial charge in [-0.25, -0.2) is 13.4 Å². The predicted molar refractivity (Wildman–Crippen MR) is 116 cm³/mol. The summed E-state index contributed by atoms with van der Waals surface area (Å²) in [6, 6.07) is 11.0. The van der Waals surface area contributed by atoms with Crippen LogP contribution in [-0.4, -0.2) is 37.0 Å². The molecule has 0 radical (unpaired) electrons. The third kappa shape index (κ3) is 4.33. The lowest BCUT2D eigenvalue weighted by Gasteiger charge is -2.26. The van der Waals surface area contributed by atoms with E-state index in [1.54, 1.807) is 40.1 Å². The summed E-state index contributed by atoms with van der Waals surface area (Å²) in [5.74, 6) is 0. The maximum Gasteiger partial charge on any atom is 0.243 e. The number of sulfonamides is 1. The van der Waals surface area contributed by atoms with Gasteiger partial charge in [-0.05, 0) is 36.4 Å². The van der Waals surface area contributed by atoms with Gasteiger partial charge in [-0.3, -0.25) is 5.43 Å². The van der Waals surface area contributed by atoms with Crippen molar-refractivity contribution in [3.05, 3.63) is 52.0 Å². The Morgan fingerprint density at radius 3 is 2.75 bits per heavy atom. The number of hydrogen-bond donors (Lipinski definition) is 1. The molecule has 1 aliphatic heterocycles. The number of nitrogens with one attached hydrogen (secondary N) is 1. The lowest BCUT2D eigenvalue weighted by Crippen LogP contribution is -2.35. The van der Waals surface area contributed by atoms with Crippen molar-refractivity contribution in [1.82, 2.24) is 9.29 Å². The van der Waals surface area contributed by atoms with Gasteiger partial charge in [0.2, 0.25) is 15.2 Å². The molecule has 0 aliphatic carbocycles. The number of hydrazone groups is 1. The molecule has 28 heavy (non-hydrogen) atoms. The quantitative estimate of drug-likeness (QED) is 0.460. The van der Waals surface area contributed by atoms with Crippen LogP contribution in [0.3, 0.4) is 0 Å². The van der Waals surface area contributed by atoms with Crippen LogP contribution in [0, 0.1) is 0 Å². The molecule has 1 fully saturated rings. The second-order valence-corrected chi connectivity index (χ2v) is 10.2. The normalized spacial score (nSPS) is 15.9. The molecule has 2 aromatic heterocycles. The highest BCUT2D eigenvalue weighted by Gasteiger charge is 2.26. The zero-order valence-electron chi connectivity index (χ0n) is 15.1. The Balaban J connectivity index is 1.51. The van der Waals surface area contributed by atoms with Gasteiger partial charge in [0.05, 0.1) is 16.8 Å². The number of benzene rings is 1. The lowest BCUT2D eigenvalue weighted by molar-refractivity contribution is 0.346. The van der Waals surface area contributed by atoms with Crippen LogP contribution >= 0.6 is 22.7 Å². The van der Waals surface area contributed by atoms with Crippen molar-refractivity contribution in [2.45, 2.75) is 24.2 Å². The van der Waals surface area contributed by atoms with Crippen molar-refractivity contribution in [3.63, 3.8) is 0 Å². The van der Waals surface area contributed by atoms with Gasteiger partial charge in [-0.2, -0.15) is 9.41 Å². The minimum Gasteiger partial charge on any atom is -0.253 e. The van der Waals surface area contributed by atoms with Crippen LogP contribution in [0.4, 0.5) is 5.13 Å². The van der Waals surface area contributed by atoms with E-state index in [1.807, 2.05) is 29.0 Å². The van der Waals surface area contributed by atoms with Gasteiger partial charge >= 0.3 is 0 Å². The predicted octanol–water partition coefficient (Wildman–Crippen LogP) is 4.49. The Kier molecular flexibility index (Phi) is 5.86. The molecule has 1 saturated heterocycles. The third-order valence-corrected chi connectivity index (χ3v) is 7.93. The first kappa shape index (κ1) is 19.3. The first-order chi connectivity index (χ1) is 13.6. The number of thiophene rings is 1. The highest BCUT2D eigenvalue weighted by molar-refractivity contribution is 7.89. The maximum absolute atomic E-state index is 12.9. The number of thiazole rings is 1. The summed E-state index contributed by atoms with van der Waals surface area (Å²) < 4.78 is 27.4. The van der Waals surface area contributed by atoms with Crippen LogP contribution in [0.2, 0.25) is 0 Å². The van der Waals surface area contributed by atoms with E-state index < -0.39 is 10.0 Å². The van der Waals surface area contributed by atoms with Gasteiger partial charge < -0.3 is 0 Å². The van der Waals surface area contributed by atoms with Crippen molar-refractivity contribution in [2.75, 3.05) is 18.5 Å². The fourth-order valence-electron chi connectivity index (χ4n) is 3.04. The minimum atomic E-state index is -3.45. The average molecular weight is 433 g/mol. The summed E-state index contributed by atoms with van der Waals surface area (Å²) in [6.07, 6.45) is 4.69. The Morgan fingerprint density at radius 2 is 1.96 bits per heavy atom. The number of piperidine rings is 1. The third-order valence-electron chi connectivity index (χ3n) is 4.48. The Labute approximate surface area is 172 Å². The van der Waals surface area contributed by atoms with Crippen molar-refractivity contribution in [3.8, 4) is 11.3 Å². The first-order valence-corrected chi connectivity index (χ1v) is 12.2. The molecule has 1 N–H and O–H groups in total. The van der Waals surface area contributed by atoms with Crippen molar-refractivity contribution < 1.29 is 8.42 Å². The molecular formula is C19H20N4O2S3. The van der Waals surface area contributed by atoms with Crippen LogP contribution in [0.25, 0.3) is 11.3 Å². The molecule has 4 rings (SSSR count). The SMILES string of the molecule is O=S(=O)(c1cccc(-c2csc(NN=Cc3cccs3)n2)c1)N1CCCCC1. The second kappa shape index (κ2) is 8.52. The number of nitrogens with zero attached hydrogens (tertiary/aromatic N) is 3. The van der Waals surface area contributed by atoms with Crippen molar-refractivity contribution >= 4 is 44.0 Å². The topological polar surface area (TPSA) is 74.7 Å². The van der Waals surface area contributed by atoms with E-state index in [2.05, 4.69) is 15.5 Å². The number of hydrogen-bond acceptors (Lipinski definition) is 7. The molecule has 1 aromatic carbocycles. The second-order valence-electron chi connectivity index (χ2n) is 6.42. The van der Waals surface area contributed by atoms with Gasteiger partial charge in [0, 0.05) is 28.9 Å². The van der Waals surface area contributed by atoms with Crippen LogP contribution < -0.4 is 5.43 Å². The summed E-state index contributed by atoms with van der Waals surface area (Å²) in [5.41, 5.74) is 4.44. The summed E-state index contributed by atoms with van der Waals surface area (Å²) >= 11 is 3.04. The van der Waals surface area contributed by atoms with Gasteiger partial charge in [-0.1, -0.05) is 24.6 Å². The first-order valence-electron chi connectivity index (χ1n) is 9.02. The molecule has 0 saturated carbocycles. The molecule has 3 aromatic rings. The van der Waals surface area contributed by atoms with Crippen LogP contribution in [0.15, 0.2) is 57.2 Å². The van der Waals surface area contributed by atoms with Crippen LogP contribution in [0.5, 0.6) is 0 Å². The van der Waals surface area contributed by atoms with E-state index in [1.165, 1.54) is 11.3 Å². The summed E-state index contributed by atoms with van der Waals surface area (Å²) in [7, 11) is -3.45. The highest BCUT2D eigenvalue weighted by atomic mass is 32.2.